The zero-order valence-electron chi connectivity index (χ0n) is 14.8. The van der Waals surface area contributed by atoms with Crippen molar-refractivity contribution < 1.29 is 9.36 Å². The summed E-state index contributed by atoms with van der Waals surface area (Å²) in [5, 5.41) is 1.20. The Kier molecular flexibility index (Phi) is 4.67. The first-order valence-electron chi connectivity index (χ1n) is 8.53. The lowest BCUT2D eigenvalue weighted by molar-refractivity contribution is -0.119. The van der Waals surface area contributed by atoms with Gasteiger partial charge in [-0.2, -0.15) is 0 Å². The molecule has 0 fully saturated rings. The summed E-state index contributed by atoms with van der Waals surface area (Å²) in [4.78, 5) is 13.8. The van der Waals surface area contributed by atoms with E-state index in [1.54, 1.807) is 24.3 Å². The summed E-state index contributed by atoms with van der Waals surface area (Å²) in [5.41, 5.74) is -0.0155. The maximum atomic E-state index is 14.3. The van der Waals surface area contributed by atoms with E-state index in [1.807, 2.05) is 75.4 Å². The highest BCUT2D eigenvalue weighted by Gasteiger charge is 2.50. The Balaban J connectivity index is 2.24. The second kappa shape index (κ2) is 6.61. The van der Waals surface area contributed by atoms with E-state index in [0.717, 1.165) is 5.57 Å². The fourth-order valence-electron chi connectivity index (χ4n) is 3.44. The highest BCUT2D eigenvalue weighted by molar-refractivity contribution is 7.93. The van der Waals surface area contributed by atoms with Gasteiger partial charge >= 0.3 is 0 Å². The van der Waals surface area contributed by atoms with Gasteiger partial charge in [-0.1, -0.05) is 91.4 Å². The van der Waals surface area contributed by atoms with Crippen molar-refractivity contribution in [2.45, 2.75) is 20.8 Å². The van der Waals surface area contributed by atoms with Crippen LogP contribution in [-0.2, 0) is 9.36 Å². The van der Waals surface area contributed by atoms with Gasteiger partial charge in [-0.15, -0.1) is 0 Å². The average molecular weight is 350 g/mol. The van der Waals surface area contributed by atoms with Crippen molar-refractivity contribution in [1.82, 2.24) is 0 Å². The molecule has 0 bridgehead atoms. The molecule has 25 heavy (non-hydrogen) atoms. The van der Waals surface area contributed by atoms with Crippen LogP contribution in [0.4, 0.5) is 0 Å². The van der Waals surface area contributed by atoms with Gasteiger partial charge < -0.3 is 4.57 Å². The number of rotatable bonds is 4. The molecule has 0 saturated heterocycles. The summed E-state index contributed by atoms with van der Waals surface area (Å²) < 4.78 is 14.3. The quantitative estimate of drug-likeness (QED) is 0.750. The van der Waals surface area contributed by atoms with Crippen LogP contribution in [0.1, 0.15) is 20.8 Å². The van der Waals surface area contributed by atoms with E-state index in [9.17, 15) is 9.36 Å². The maximum absolute atomic E-state index is 14.3. The van der Waals surface area contributed by atoms with Crippen LogP contribution in [0, 0.1) is 11.3 Å². The molecule has 2 aromatic rings. The first-order chi connectivity index (χ1) is 11.9. The van der Waals surface area contributed by atoms with E-state index >= 15 is 0 Å². The summed E-state index contributed by atoms with van der Waals surface area (Å²) in [6.07, 6.45) is 5.95. The molecule has 1 aliphatic rings. The summed E-state index contributed by atoms with van der Waals surface area (Å²) in [5.74, 6) is -0.00857. The van der Waals surface area contributed by atoms with Crippen molar-refractivity contribution in [2.24, 2.45) is 11.3 Å². The molecule has 0 amide bonds. The van der Waals surface area contributed by atoms with Crippen LogP contribution in [0.5, 0.6) is 0 Å². The van der Waals surface area contributed by atoms with Gasteiger partial charge in [0.1, 0.15) is 0 Å². The molecule has 0 spiro atoms. The molecule has 0 saturated carbocycles. The molecule has 0 aliphatic heterocycles. The van der Waals surface area contributed by atoms with Crippen LogP contribution >= 0.6 is 7.14 Å². The van der Waals surface area contributed by atoms with E-state index in [1.165, 1.54) is 0 Å². The zero-order chi connectivity index (χ0) is 18.1. The molecule has 3 rings (SSSR count). The van der Waals surface area contributed by atoms with Gasteiger partial charge in [-0.25, -0.2) is 0 Å². The second-order valence-corrected chi connectivity index (χ2v) is 9.47. The van der Waals surface area contributed by atoms with Crippen LogP contribution in [-0.4, -0.2) is 5.52 Å². The van der Waals surface area contributed by atoms with E-state index in [4.69, 9.17) is 0 Å². The van der Waals surface area contributed by atoms with Gasteiger partial charge in [0.25, 0.3) is 0 Å². The van der Waals surface area contributed by atoms with Gasteiger partial charge in [-0.05, 0) is 19.8 Å². The van der Waals surface area contributed by atoms with Crippen molar-refractivity contribution in [2.75, 3.05) is 0 Å². The van der Waals surface area contributed by atoms with Gasteiger partial charge in [0.05, 0.1) is 5.41 Å². The number of hydrogen-bond donors (Lipinski definition) is 0. The molecule has 2 nitrogen and oxygen atoms in total. The Bertz CT molecular complexity index is 837. The smallest absolute Gasteiger partial charge is 0.210 e. The number of allylic oxidation sites excluding steroid dienone is 4. The number of hydrogen-bond acceptors (Lipinski definition) is 2. The first-order valence-corrected chi connectivity index (χ1v) is 10.2. The third kappa shape index (κ3) is 2.75. The Labute approximate surface area is 149 Å². The highest BCUT2D eigenvalue weighted by Crippen LogP contribution is 2.55. The third-order valence-corrected chi connectivity index (χ3v) is 8.53. The summed E-state index contributed by atoms with van der Waals surface area (Å²) in [6, 6.07) is 18.3. The topological polar surface area (TPSA) is 34.1 Å². The molecular formula is C22H23O2P. The van der Waals surface area contributed by atoms with E-state index in [2.05, 4.69) is 0 Å². The SMILES string of the molecule is CC1=CC=CC(C)C1(C)C(=O)P(=O)(c1ccccc1)c1ccccc1. The number of benzene rings is 2. The van der Waals surface area contributed by atoms with Crippen LogP contribution < -0.4 is 10.6 Å². The van der Waals surface area contributed by atoms with Gasteiger partial charge in [0.2, 0.25) is 12.7 Å². The summed E-state index contributed by atoms with van der Waals surface area (Å²) in [6.45, 7) is 5.90. The largest absolute Gasteiger partial charge is 0.306 e. The lowest BCUT2D eigenvalue weighted by Crippen LogP contribution is -2.40. The standard InChI is InChI=1S/C22H23O2P/c1-17-11-10-12-18(2)22(17,3)21(23)25(24,19-13-6-4-7-14-19)20-15-8-5-9-16-20/h4-17H,1-3H3. The zero-order valence-corrected chi connectivity index (χ0v) is 15.7. The predicted molar refractivity (Wildman–Crippen MR) is 105 cm³/mol. The number of carbonyl (C=O) groups is 1. The van der Waals surface area contributed by atoms with Crippen molar-refractivity contribution in [1.29, 1.82) is 0 Å². The Morgan fingerprint density at radius 2 is 1.44 bits per heavy atom. The normalized spacial score (nSPS) is 23.2. The maximum Gasteiger partial charge on any atom is 0.210 e. The van der Waals surface area contributed by atoms with E-state index in [0.29, 0.717) is 10.6 Å². The van der Waals surface area contributed by atoms with Crippen molar-refractivity contribution in [3.63, 3.8) is 0 Å². The lowest BCUT2D eigenvalue weighted by Gasteiger charge is -2.38. The Morgan fingerprint density at radius 1 is 0.960 bits per heavy atom. The monoisotopic (exact) mass is 350 g/mol. The van der Waals surface area contributed by atoms with Crippen molar-refractivity contribution in [3.8, 4) is 0 Å². The molecule has 2 atom stereocenters. The van der Waals surface area contributed by atoms with Gasteiger partial charge in [-0.3, -0.25) is 4.79 Å². The third-order valence-electron chi connectivity index (χ3n) is 5.45. The molecule has 0 N–H and O–H groups in total. The lowest BCUT2D eigenvalue weighted by atomic mass is 9.71. The van der Waals surface area contributed by atoms with Crippen LogP contribution in [0.2, 0.25) is 0 Å². The van der Waals surface area contributed by atoms with Crippen molar-refractivity contribution in [3.05, 3.63) is 84.5 Å². The minimum Gasteiger partial charge on any atom is -0.306 e. The summed E-state index contributed by atoms with van der Waals surface area (Å²) in [7, 11) is -3.44. The molecule has 0 radical (unpaired) electrons. The molecule has 0 heterocycles. The molecule has 128 valence electrons. The van der Waals surface area contributed by atoms with E-state index in [-0.39, 0.29) is 11.4 Å². The fraction of sp³-hybridized carbons (Fsp3) is 0.227. The summed E-state index contributed by atoms with van der Waals surface area (Å²) >= 11 is 0. The Hall–Kier alpha value is -2.18. The molecular weight excluding hydrogens is 327 g/mol. The van der Waals surface area contributed by atoms with Crippen LogP contribution in [0.25, 0.3) is 0 Å². The van der Waals surface area contributed by atoms with E-state index < -0.39 is 12.6 Å². The first kappa shape index (κ1) is 17.6. The fourth-order valence-corrected chi connectivity index (χ4v) is 6.43. The second-order valence-electron chi connectivity index (χ2n) is 6.81. The minimum atomic E-state index is -3.44. The van der Waals surface area contributed by atoms with Crippen LogP contribution in [0.15, 0.2) is 84.5 Å². The number of carbonyl (C=O) groups excluding carboxylic acids is 1. The molecule has 0 aromatic heterocycles. The molecule has 2 aromatic carbocycles. The molecule has 1 aliphatic carbocycles. The molecule has 3 heteroatoms. The van der Waals surface area contributed by atoms with Gasteiger partial charge in [0, 0.05) is 10.6 Å². The van der Waals surface area contributed by atoms with Gasteiger partial charge in [0.15, 0.2) is 0 Å². The van der Waals surface area contributed by atoms with Crippen LogP contribution in [0.3, 0.4) is 0 Å². The highest BCUT2D eigenvalue weighted by atomic mass is 31.2. The predicted octanol–water partition coefficient (Wildman–Crippen LogP) is 4.69. The van der Waals surface area contributed by atoms with Crippen molar-refractivity contribution >= 4 is 23.3 Å². The Morgan fingerprint density at radius 3 is 1.88 bits per heavy atom. The molecule has 2 unspecified atom stereocenters. The average Bonchev–Trinajstić information content (AvgIpc) is 2.66. The minimum absolute atomic E-state index is 0.00857.